The molecule has 0 saturated carbocycles. The van der Waals surface area contributed by atoms with Crippen molar-refractivity contribution in [3.63, 3.8) is 0 Å². The second-order valence-corrected chi connectivity index (χ2v) is 8.54. The number of amides is 1. The van der Waals surface area contributed by atoms with Crippen molar-refractivity contribution in [3.05, 3.63) is 101 Å². The van der Waals surface area contributed by atoms with Crippen molar-refractivity contribution in [2.45, 2.75) is 45.9 Å². The van der Waals surface area contributed by atoms with Crippen LogP contribution in [-0.2, 0) is 17.8 Å². The van der Waals surface area contributed by atoms with Gasteiger partial charge in [0.25, 0.3) is 5.91 Å². The van der Waals surface area contributed by atoms with Gasteiger partial charge in [-0.3, -0.25) is 9.69 Å². The summed E-state index contributed by atoms with van der Waals surface area (Å²) in [6, 6.07) is 25.9. The second kappa shape index (κ2) is 10.0. The number of nitrogens with zero attached hydrogens (tertiary/aromatic N) is 1. The molecule has 1 N–H and O–H groups in total. The zero-order chi connectivity index (χ0) is 22.5. The highest BCUT2D eigenvalue weighted by Gasteiger charge is 2.29. The number of carbonyl (C=O) groups is 1. The first kappa shape index (κ1) is 22.1. The molecule has 3 aromatic carbocycles. The molecule has 166 valence electrons. The van der Waals surface area contributed by atoms with E-state index in [1.165, 1.54) is 27.8 Å². The fraction of sp³-hybridized carbons (Fsp3) is 0.321. The van der Waals surface area contributed by atoms with Crippen molar-refractivity contribution >= 4 is 5.91 Å². The fourth-order valence-corrected chi connectivity index (χ4v) is 4.54. The monoisotopic (exact) mass is 428 g/mol. The van der Waals surface area contributed by atoms with E-state index in [1.54, 1.807) is 6.92 Å². The van der Waals surface area contributed by atoms with Crippen LogP contribution in [-0.4, -0.2) is 30.0 Å². The number of aryl methyl sites for hydroxylation is 1. The highest BCUT2D eigenvalue weighted by atomic mass is 16.5. The van der Waals surface area contributed by atoms with Crippen LogP contribution in [0.4, 0.5) is 0 Å². The van der Waals surface area contributed by atoms with Crippen molar-refractivity contribution < 1.29 is 9.53 Å². The summed E-state index contributed by atoms with van der Waals surface area (Å²) in [5.41, 5.74) is 6.49. The summed E-state index contributed by atoms with van der Waals surface area (Å²) in [7, 11) is 0. The minimum absolute atomic E-state index is 0.0918. The van der Waals surface area contributed by atoms with Crippen LogP contribution in [0, 0.1) is 6.92 Å². The number of fused-ring (bicyclic) bond motifs is 1. The van der Waals surface area contributed by atoms with Crippen molar-refractivity contribution in [2.24, 2.45) is 0 Å². The summed E-state index contributed by atoms with van der Waals surface area (Å²) in [5.74, 6) is 0.645. The number of likely N-dealkylation sites (N-methyl/N-ethyl adjacent to an activating group) is 1. The predicted molar refractivity (Wildman–Crippen MR) is 129 cm³/mol. The minimum Gasteiger partial charge on any atom is -0.481 e. The quantitative estimate of drug-likeness (QED) is 0.573. The van der Waals surface area contributed by atoms with Crippen LogP contribution in [0.15, 0.2) is 72.8 Å². The lowest BCUT2D eigenvalue weighted by Crippen LogP contribution is -2.37. The third-order valence-corrected chi connectivity index (χ3v) is 6.06. The smallest absolute Gasteiger partial charge is 0.260 e. The molecule has 0 saturated heterocycles. The second-order valence-electron chi connectivity index (χ2n) is 8.54. The molecule has 1 aliphatic rings. The Balaban J connectivity index is 1.67. The van der Waals surface area contributed by atoms with Crippen molar-refractivity contribution in [1.29, 1.82) is 0 Å². The van der Waals surface area contributed by atoms with Crippen molar-refractivity contribution in [2.75, 3.05) is 13.1 Å². The lowest BCUT2D eigenvalue weighted by atomic mass is 9.87. The molecule has 0 spiro atoms. The number of ether oxygens (including phenoxy) is 1. The molecule has 2 atom stereocenters. The standard InChI is InChI=1S/C28H32N2O2/c1-4-29-28(31)21(3)32-25-14-13-23-15-16-30(19-22-10-8-9-20(2)17-22)27(26(23)18-25)24-11-6-5-7-12-24/h5-14,17-18,21,27H,4,15-16,19H2,1-3H3,(H,29,31)/t21-,27+/m1/s1. The Morgan fingerprint density at radius 1 is 1.09 bits per heavy atom. The number of nitrogens with one attached hydrogen (secondary N) is 1. The summed E-state index contributed by atoms with van der Waals surface area (Å²) in [6.45, 7) is 8.33. The molecular weight excluding hydrogens is 396 g/mol. The van der Waals surface area contributed by atoms with E-state index in [0.717, 1.165) is 25.3 Å². The number of hydrogen-bond acceptors (Lipinski definition) is 3. The fourth-order valence-electron chi connectivity index (χ4n) is 4.54. The van der Waals surface area contributed by atoms with Gasteiger partial charge in [-0.2, -0.15) is 0 Å². The van der Waals surface area contributed by atoms with Crippen molar-refractivity contribution in [1.82, 2.24) is 10.2 Å². The van der Waals surface area contributed by atoms with Crippen LogP contribution in [0.2, 0.25) is 0 Å². The van der Waals surface area contributed by atoms with Crippen molar-refractivity contribution in [3.8, 4) is 5.75 Å². The lowest BCUT2D eigenvalue weighted by Gasteiger charge is -2.38. The van der Waals surface area contributed by atoms with Gasteiger partial charge in [-0.15, -0.1) is 0 Å². The first-order valence-corrected chi connectivity index (χ1v) is 11.5. The molecule has 0 unspecified atom stereocenters. The molecule has 0 bridgehead atoms. The maximum absolute atomic E-state index is 12.2. The van der Waals surface area contributed by atoms with E-state index in [-0.39, 0.29) is 11.9 Å². The molecule has 0 radical (unpaired) electrons. The topological polar surface area (TPSA) is 41.6 Å². The maximum Gasteiger partial charge on any atom is 0.260 e. The van der Waals surface area contributed by atoms with Gasteiger partial charge < -0.3 is 10.1 Å². The van der Waals surface area contributed by atoms with Gasteiger partial charge in [0, 0.05) is 19.6 Å². The van der Waals surface area contributed by atoms with E-state index in [1.807, 2.05) is 13.0 Å². The van der Waals surface area contributed by atoms with Crippen LogP contribution < -0.4 is 10.1 Å². The van der Waals surface area contributed by atoms with Gasteiger partial charge in [0.05, 0.1) is 6.04 Å². The summed E-state index contributed by atoms with van der Waals surface area (Å²) in [4.78, 5) is 14.7. The van der Waals surface area contributed by atoms with Gasteiger partial charge in [0.2, 0.25) is 0 Å². The molecular formula is C28H32N2O2. The zero-order valence-corrected chi connectivity index (χ0v) is 19.2. The summed E-state index contributed by atoms with van der Waals surface area (Å²) < 4.78 is 6.02. The summed E-state index contributed by atoms with van der Waals surface area (Å²) >= 11 is 0. The highest BCUT2D eigenvalue weighted by molar-refractivity contribution is 5.80. The van der Waals surface area contributed by atoms with Gasteiger partial charge in [0.15, 0.2) is 6.10 Å². The average molecular weight is 429 g/mol. The molecule has 4 rings (SSSR count). The Hall–Kier alpha value is -3.11. The number of carbonyl (C=O) groups excluding carboxylic acids is 1. The average Bonchev–Trinajstić information content (AvgIpc) is 2.79. The molecule has 1 amide bonds. The Morgan fingerprint density at radius 2 is 1.91 bits per heavy atom. The Morgan fingerprint density at radius 3 is 2.66 bits per heavy atom. The van der Waals surface area contributed by atoms with Crippen LogP contribution in [0.25, 0.3) is 0 Å². The number of benzene rings is 3. The lowest BCUT2D eigenvalue weighted by molar-refractivity contribution is -0.127. The Bertz CT molecular complexity index is 1060. The summed E-state index contributed by atoms with van der Waals surface area (Å²) in [5, 5.41) is 2.83. The molecule has 0 fully saturated rings. The van der Waals surface area contributed by atoms with E-state index in [9.17, 15) is 4.79 Å². The minimum atomic E-state index is -0.532. The first-order valence-electron chi connectivity index (χ1n) is 11.5. The van der Waals surface area contributed by atoms with Gasteiger partial charge in [-0.1, -0.05) is 66.2 Å². The largest absolute Gasteiger partial charge is 0.481 e. The molecule has 0 aromatic heterocycles. The molecule has 3 aromatic rings. The predicted octanol–water partition coefficient (Wildman–Crippen LogP) is 5.05. The molecule has 1 aliphatic heterocycles. The third-order valence-electron chi connectivity index (χ3n) is 6.06. The number of rotatable bonds is 7. The molecule has 1 heterocycles. The van der Waals surface area contributed by atoms with Gasteiger partial charge in [-0.25, -0.2) is 0 Å². The molecule has 4 nitrogen and oxygen atoms in total. The van der Waals surface area contributed by atoms with Crippen LogP contribution >= 0.6 is 0 Å². The van der Waals surface area contributed by atoms with E-state index in [2.05, 4.69) is 83.9 Å². The van der Waals surface area contributed by atoms with E-state index in [0.29, 0.717) is 6.54 Å². The third kappa shape index (κ3) is 5.03. The first-order chi connectivity index (χ1) is 15.5. The SMILES string of the molecule is CCNC(=O)[C@@H](C)Oc1ccc2c(c1)[C@H](c1ccccc1)N(Cc1cccc(C)c1)CC2. The van der Waals surface area contributed by atoms with E-state index >= 15 is 0 Å². The zero-order valence-electron chi connectivity index (χ0n) is 19.2. The number of hydrogen-bond donors (Lipinski definition) is 1. The Labute approximate surface area is 191 Å². The van der Waals surface area contributed by atoms with Crippen LogP contribution in [0.1, 0.15) is 47.7 Å². The van der Waals surface area contributed by atoms with E-state index < -0.39 is 6.10 Å². The van der Waals surface area contributed by atoms with Crippen LogP contribution in [0.5, 0.6) is 5.75 Å². The molecule has 4 heteroatoms. The van der Waals surface area contributed by atoms with Crippen LogP contribution in [0.3, 0.4) is 0 Å². The molecule has 32 heavy (non-hydrogen) atoms. The normalized spacial score (nSPS) is 16.8. The van der Waals surface area contributed by atoms with E-state index in [4.69, 9.17) is 4.74 Å². The van der Waals surface area contributed by atoms with Gasteiger partial charge >= 0.3 is 0 Å². The maximum atomic E-state index is 12.2. The Kier molecular flexibility index (Phi) is 6.91. The molecule has 0 aliphatic carbocycles. The van der Waals surface area contributed by atoms with Gasteiger partial charge in [0.1, 0.15) is 5.75 Å². The highest BCUT2D eigenvalue weighted by Crippen LogP contribution is 2.38. The summed E-state index contributed by atoms with van der Waals surface area (Å²) in [6.07, 6.45) is 0.464. The van der Waals surface area contributed by atoms with Gasteiger partial charge in [-0.05, 0) is 61.6 Å².